The fourth-order valence-electron chi connectivity index (χ4n) is 4.12. The molecule has 2 unspecified atom stereocenters. The minimum atomic E-state index is 0.517. The number of nitrogens with zero attached hydrogens (tertiary/aromatic N) is 2. The van der Waals surface area contributed by atoms with E-state index >= 15 is 0 Å². The Bertz CT molecular complexity index is 1010. The third-order valence-electron chi connectivity index (χ3n) is 5.77. The summed E-state index contributed by atoms with van der Waals surface area (Å²) in [4.78, 5) is 2.50. The minimum absolute atomic E-state index is 0.517. The number of hydrogen-bond acceptors (Lipinski definition) is 5. The second kappa shape index (κ2) is 7.76. The zero-order valence-corrected chi connectivity index (χ0v) is 16.5. The van der Waals surface area contributed by atoms with E-state index in [-0.39, 0.29) is 0 Å². The number of benzene rings is 2. The van der Waals surface area contributed by atoms with Crippen LogP contribution in [-0.2, 0) is 6.61 Å². The van der Waals surface area contributed by atoms with Gasteiger partial charge in [0.25, 0.3) is 0 Å². The molecule has 2 bridgehead atoms. The molecule has 1 aromatic heterocycles. The summed E-state index contributed by atoms with van der Waals surface area (Å²) in [6.45, 7) is 4.02. The van der Waals surface area contributed by atoms with Crippen LogP contribution in [0.25, 0.3) is 17.3 Å². The van der Waals surface area contributed by atoms with Gasteiger partial charge in [0.05, 0.1) is 7.11 Å². The van der Waals surface area contributed by atoms with Gasteiger partial charge in [0.1, 0.15) is 23.8 Å². The first-order valence-corrected chi connectivity index (χ1v) is 10.0. The normalized spacial score (nSPS) is 21.6. The topological polar surface area (TPSA) is 47.7 Å². The largest absolute Gasteiger partial charge is 0.497 e. The Hall–Kier alpha value is -3.05. The van der Waals surface area contributed by atoms with Crippen LogP contribution < -0.4 is 9.47 Å². The highest BCUT2D eigenvalue weighted by molar-refractivity contribution is 5.63. The Kier molecular flexibility index (Phi) is 4.82. The molecule has 2 aromatic carbocycles. The molecular weight excluding hydrogens is 364 g/mol. The SMILES string of the molecule is COc1ccc(COc2ccc(-c3cc(/C=C4/CN5CCC4C5)on3)cc2)cc1. The summed E-state index contributed by atoms with van der Waals surface area (Å²) in [5.74, 6) is 3.21. The lowest BCUT2D eigenvalue weighted by Gasteiger charge is -2.13. The molecule has 0 saturated carbocycles. The van der Waals surface area contributed by atoms with Crippen LogP contribution in [-0.4, -0.2) is 36.8 Å². The van der Waals surface area contributed by atoms with Crippen LogP contribution in [0.2, 0.25) is 0 Å². The first kappa shape index (κ1) is 18.0. The van der Waals surface area contributed by atoms with Crippen molar-refractivity contribution in [3.63, 3.8) is 0 Å². The number of fused-ring (bicyclic) bond motifs is 2. The Morgan fingerprint density at radius 1 is 1.10 bits per heavy atom. The third-order valence-corrected chi connectivity index (χ3v) is 5.77. The molecule has 3 aromatic rings. The Morgan fingerprint density at radius 3 is 2.59 bits per heavy atom. The van der Waals surface area contributed by atoms with Gasteiger partial charge >= 0.3 is 0 Å². The molecule has 0 N–H and O–H groups in total. The molecule has 2 saturated heterocycles. The van der Waals surface area contributed by atoms with E-state index in [1.807, 2.05) is 54.6 Å². The summed E-state index contributed by atoms with van der Waals surface area (Å²) in [5, 5.41) is 4.24. The molecule has 2 fully saturated rings. The molecule has 0 aliphatic carbocycles. The smallest absolute Gasteiger partial charge is 0.160 e. The van der Waals surface area contributed by atoms with E-state index in [1.54, 1.807) is 7.11 Å². The van der Waals surface area contributed by atoms with E-state index in [0.717, 1.165) is 40.6 Å². The van der Waals surface area contributed by atoms with E-state index in [2.05, 4.69) is 16.1 Å². The van der Waals surface area contributed by atoms with Crippen molar-refractivity contribution >= 4 is 6.08 Å². The van der Waals surface area contributed by atoms with Crippen molar-refractivity contribution in [2.45, 2.75) is 13.0 Å². The Labute approximate surface area is 170 Å². The molecule has 0 amide bonds. The summed E-state index contributed by atoms with van der Waals surface area (Å²) < 4.78 is 16.6. The summed E-state index contributed by atoms with van der Waals surface area (Å²) in [6.07, 6.45) is 3.44. The highest BCUT2D eigenvalue weighted by atomic mass is 16.5. The maximum absolute atomic E-state index is 5.88. The van der Waals surface area contributed by atoms with Crippen molar-refractivity contribution in [2.75, 3.05) is 26.7 Å². The summed E-state index contributed by atoms with van der Waals surface area (Å²) >= 11 is 0. The highest BCUT2D eigenvalue weighted by Crippen LogP contribution is 2.34. The molecule has 5 heteroatoms. The summed E-state index contributed by atoms with van der Waals surface area (Å²) in [7, 11) is 1.66. The quantitative estimate of drug-likeness (QED) is 0.615. The van der Waals surface area contributed by atoms with Gasteiger partial charge in [-0.3, -0.25) is 4.90 Å². The van der Waals surface area contributed by atoms with E-state index in [0.29, 0.717) is 12.5 Å². The Morgan fingerprint density at radius 2 is 1.90 bits per heavy atom. The van der Waals surface area contributed by atoms with E-state index in [4.69, 9.17) is 14.0 Å². The zero-order valence-electron chi connectivity index (χ0n) is 16.5. The number of aromatic nitrogens is 1. The molecule has 0 radical (unpaired) electrons. The second-order valence-corrected chi connectivity index (χ2v) is 7.72. The lowest BCUT2D eigenvalue weighted by Crippen LogP contribution is -2.17. The number of methoxy groups -OCH3 is 1. The molecule has 29 heavy (non-hydrogen) atoms. The molecule has 5 rings (SSSR count). The molecule has 3 heterocycles. The lowest BCUT2D eigenvalue weighted by atomic mass is 9.98. The van der Waals surface area contributed by atoms with Gasteiger partial charge in [-0.25, -0.2) is 0 Å². The molecular formula is C24H24N2O3. The van der Waals surface area contributed by atoms with Crippen LogP contribution in [0, 0.1) is 5.92 Å². The van der Waals surface area contributed by atoms with Gasteiger partial charge in [-0.15, -0.1) is 0 Å². The molecule has 2 aliphatic heterocycles. The first-order chi connectivity index (χ1) is 14.3. The predicted octanol–water partition coefficient (Wildman–Crippen LogP) is 4.65. The molecule has 0 spiro atoms. The number of ether oxygens (including phenoxy) is 2. The monoisotopic (exact) mass is 388 g/mol. The standard InChI is InChI=1S/C24H24N2O3/c1-27-21-6-2-17(3-7-21)16-28-22-8-4-18(5-9-22)24-13-23(29-25-24)12-20-15-26-11-10-19(20)14-26/h2-9,12-13,19H,10-11,14-16H2,1H3/b20-12-. The fourth-order valence-corrected chi connectivity index (χ4v) is 4.12. The van der Waals surface area contributed by atoms with Crippen LogP contribution in [0.1, 0.15) is 17.7 Å². The zero-order chi connectivity index (χ0) is 19.6. The van der Waals surface area contributed by atoms with Gasteiger partial charge in [0, 0.05) is 24.7 Å². The van der Waals surface area contributed by atoms with Gasteiger partial charge in [-0.05, 0) is 72.5 Å². The van der Waals surface area contributed by atoms with E-state index in [9.17, 15) is 0 Å². The van der Waals surface area contributed by atoms with Gasteiger partial charge in [-0.1, -0.05) is 17.3 Å². The molecule has 2 atom stereocenters. The predicted molar refractivity (Wildman–Crippen MR) is 112 cm³/mol. The molecule has 148 valence electrons. The van der Waals surface area contributed by atoms with Crippen molar-refractivity contribution in [3.05, 3.63) is 71.5 Å². The van der Waals surface area contributed by atoms with E-state index < -0.39 is 0 Å². The van der Waals surface area contributed by atoms with E-state index in [1.165, 1.54) is 25.1 Å². The van der Waals surface area contributed by atoms with Crippen molar-refractivity contribution in [1.29, 1.82) is 0 Å². The third kappa shape index (κ3) is 3.91. The van der Waals surface area contributed by atoms with Gasteiger partial charge < -0.3 is 14.0 Å². The van der Waals surface area contributed by atoms with Crippen molar-refractivity contribution in [2.24, 2.45) is 5.92 Å². The minimum Gasteiger partial charge on any atom is -0.497 e. The fraction of sp³-hybridized carbons (Fsp3) is 0.292. The van der Waals surface area contributed by atoms with Crippen LogP contribution in [0.15, 0.2) is 64.7 Å². The number of hydrogen-bond donors (Lipinski definition) is 0. The van der Waals surface area contributed by atoms with Crippen molar-refractivity contribution in [3.8, 4) is 22.8 Å². The Balaban J connectivity index is 1.22. The van der Waals surface area contributed by atoms with Gasteiger partial charge in [-0.2, -0.15) is 0 Å². The summed E-state index contributed by atoms with van der Waals surface area (Å²) in [6, 6.07) is 17.9. The lowest BCUT2D eigenvalue weighted by molar-refractivity contribution is 0.306. The first-order valence-electron chi connectivity index (χ1n) is 10.0. The van der Waals surface area contributed by atoms with Crippen molar-refractivity contribution in [1.82, 2.24) is 10.1 Å². The second-order valence-electron chi connectivity index (χ2n) is 7.72. The highest BCUT2D eigenvalue weighted by Gasteiger charge is 2.33. The van der Waals surface area contributed by atoms with Crippen LogP contribution in [0.3, 0.4) is 0 Å². The van der Waals surface area contributed by atoms with Crippen molar-refractivity contribution < 1.29 is 14.0 Å². The molecule has 5 nitrogen and oxygen atoms in total. The van der Waals surface area contributed by atoms with Crippen LogP contribution in [0.4, 0.5) is 0 Å². The van der Waals surface area contributed by atoms with Gasteiger partial charge in [0.15, 0.2) is 5.76 Å². The number of piperidine rings is 1. The van der Waals surface area contributed by atoms with Crippen LogP contribution >= 0.6 is 0 Å². The van der Waals surface area contributed by atoms with Gasteiger partial charge in [0.2, 0.25) is 0 Å². The average molecular weight is 388 g/mol. The molecule has 2 aliphatic rings. The van der Waals surface area contributed by atoms with Crippen LogP contribution in [0.5, 0.6) is 11.5 Å². The summed E-state index contributed by atoms with van der Waals surface area (Å²) in [5.41, 5.74) is 4.44. The average Bonchev–Trinajstić information content (AvgIpc) is 3.51. The maximum Gasteiger partial charge on any atom is 0.160 e. The number of rotatable bonds is 6. The maximum atomic E-state index is 5.88.